The number of nitrogens with zero attached hydrogens (tertiary/aromatic N) is 3. The molecule has 1 saturated heterocycles. The Kier molecular flexibility index (Phi) is 4.49. The van der Waals surface area contributed by atoms with Gasteiger partial charge in [-0.05, 0) is 12.1 Å². The largest absolute Gasteiger partial charge is 0.497 e. The number of piperazine rings is 1. The first kappa shape index (κ1) is 15.1. The molecule has 7 heteroatoms. The molecule has 1 aliphatic rings. The lowest BCUT2D eigenvalue weighted by Gasteiger charge is -2.36. The third-order valence-corrected chi connectivity index (χ3v) is 4.92. The third kappa shape index (κ3) is 3.03. The van der Waals surface area contributed by atoms with Crippen LogP contribution in [0, 0.1) is 0 Å². The molecule has 1 aromatic heterocycles. The Labute approximate surface area is 138 Å². The molecule has 116 valence electrons. The van der Waals surface area contributed by atoms with Crippen LogP contribution in [0.3, 0.4) is 0 Å². The van der Waals surface area contributed by atoms with Crippen LogP contribution in [-0.4, -0.2) is 49.1 Å². The van der Waals surface area contributed by atoms with Crippen molar-refractivity contribution in [1.82, 2.24) is 9.88 Å². The van der Waals surface area contributed by atoms with Crippen molar-refractivity contribution in [3.8, 4) is 5.75 Å². The minimum atomic E-state index is -0.0298. The summed E-state index contributed by atoms with van der Waals surface area (Å²) in [4.78, 5) is 20.9. The summed E-state index contributed by atoms with van der Waals surface area (Å²) in [6, 6.07) is 7.97. The van der Waals surface area contributed by atoms with Gasteiger partial charge in [-0.25, -0.2) is 4.98 Å². The number of thiazole rings is 1. The second-order valence-electron chi connectivity index (χ2n) is 4.95. The van der Waals surface area contributed by atoms with Crippen LogP contribution in [-0.2, 0) is 0 Å². The Morgan fingerprint density at radius 1 is 1.32 bits per heavy atom. The Morgan fingerprint density at radius 3 is 2.73 bits per heavy atom. The Morgan fingerprint density at radius 2 is 2.09 bits per heavy atom. The minimum absolute atomic E-state index is 0.0298. The summed E-state index contributed by atoms with van der Waals surface area (Å²) >= 11 is 7.23. The fraction of sp³-hybridized carbons (Fsp3) is 0.333. The SMILES string of the molecule is COc1cccc(N2CCN(C(=O)c3scnc3Cl)CC2)c1. The van der Waals surface area contributed by atoms with E-state index in [1.807, 2.05) is 23.1 Å². The predicted octanol–water partition coefficient (Wildman–Crippen LogP) is 2.77. The van der Waals surface area contributed by atoms with Gasteiger partial charge < -0.3 is 14.5 Å². The molecule has 0 atom stereocenters. The number of rotatable bonds is 3. The molecule has 0 unspecified atom stereocenters. The van der Waals surface area contributed by atoms with E-state index < -0.39 is 0 Å². The second-order valence-corrected chi connectivity index (χ2v) is 6.17. The van der Waals surface area contributed by atoms with E-state index in [4.69, 9.17) is 16.3 Å². The summed E-state index contributed by atoms with van der Waals surface area (Å²) in [6.07, 6.45) is 0. The van der Waals surface area contributed by atoms with Crippen LogP contribution in [0.5, 0.6) is 5.75 Å². The molecule has 0 bridgehead atoms. The van der Waals surface area contributed by atoms with Gasteiger partial charge in [0, 0.05) is 37.9 Å². The van der Waals surface area contributed by atoms with Gasteiger partial charge in [0.2, 0.25) is 0 Å². The molecule has 2 heterocycles. The zero-order chi connectivity index (χ0) is 15.5. The standard InChI is InChI=1S/C15H16ClN3O2S/c1-21-12-4-2-3-11(9-12)18-5-7-19(8-6-18)15(20)13-14(16)17-10-22-13/h2-4,9-10H,5-8H2,1H3. The summed E-state index contributed by atoms with van der Waals surface area (Å²) < 4.78 is 5.26. The second kappa shape index (κ2) is 6.54. The average Bonchev–Trinajstić information content (AvgIpc) is 3.00. The lowest BCUT2D eigenvalue weighted by molar-refractivity contribution is 0.0751. The average molecular weight is 338 g/mol. The molecule has 22 heavy (non-hydrogen) atoms. The maximum atomic E-state index is 12.4. The van der Waals surface area contributed by atoms with Crippen LogP contribution < -0.4 is 9.64 Å². The molecule has 1 amide bonds. The number of carbonyl (C=O) groups excluding carboxylic acids is 1. The highest BCUT2D eigenvalue weighted by Gasteiger charge is 2.25. The first-order valence-corrected chi connectivity index (χ1v) is 8.22. The first-order valence-electron chi connectivity index (χ1n) is 6.96. The highest BCUT2D eigenvalue weighted by Crippen LogP contribution is 2.24. The molecule has 0 radical (unpaired) electrons. The Balaban J connectivity index is 1.65. The highest BCUT2D eigenvalue weighted by atomic mass is 35.5. The molecule has 0 spiro atoms. The van der Waals surface area contributed by atoms with Gasteiger partial charge in [-0.2, -0.15) is 0 Å². The van der Waals surface area contributed by atoms with E-state index in [9.17, 15) is 4.79 Å². The summed E-state index contributed by atoms with van der Waals surface area (Å²) in [6.45, 7) is 2.92. The number of anilines is 1. The summed E-state index contributed by atoms with van der Waals surface area (Å²) in [5.74, 6) is 0.810. The van der Waals surface area contributed by atoms with Crippen LogP contribution in [0.25, 0.3) is 0 Å². The van der Waals surface area contributed by atoms with Crippen molar-refractivity contribution in [2.75, 3.05) is 38.2 Å². The quantitative estimate of drug-likeness (QED) is 0.864. The monoisotopic (exact) mass is 337 g/mol. The first-order chi connectivity index (χ1) is 10.7. The highest BCUT2D eigenvalue weighted by molar-refractivity contribution is 7.12. The molecule has 1 aliphatic heterocycles. The topological polar surface area (TPSA) is 45.7 Å². The fourth-order valence-corrected chi connectivity index (χ4v) is 3.45. The number of methoxy groups -OCH3 is 1. The van der Waals surface area contributed by atoms with Crippen molar-refractivity contribution in [3.63, 3.8) is 0 Å². The van der Waals surface area contributed by atoms with E-state index in [1.165, 1.54) is 11.3 Å². The van der Waals surface area contributed by atoms with Crippen LogP contribution in [0.1, 0.15) is 9.67 Å². The number of amides is 1. The van der Waals surface area contributed by atoms with Crippen LogP contribution in [0.15, 0.2) is 29.8 Å². The van der Waals surface area contributed by atoms with Gasteiger partial charge >= 0.3 is 0 Å². The smallest absolute Gasteiger partial charge is 0.267 e. The van der Waals surface area contributed by atoms with Crippen molar-refractivity contribution in [1.29, 1.82) is 0 Å². The van der Waals surface area contributed by atoms with Crippen LogP contribution >= 0.6 is 22.9 Å². The Bertz CT molecular complexity index is 668. The van der Waals surface area contributed by atoms with Crippen LogP contribution in [0.2, 0.25) is 5.15 Å². The van der Waals surface area contributed by atoms with Crippen molar-refractivity contribution in [2.45, 2.75) is 0 Å². The van der Waals surface area contributed by atoms with Gasteiger partial charge in [-0.15, -0.1) is 11.3 Å². The predicted molar refractivity (Wildman–Crippen MR) is 88.2 cm³/mol. The van der Waals surface area contributed by atoms with E-state index in [1.54, 1.807) is 12.6 Å². The van der Waals surface area contributed by atoms with Crippen molar-refractivity contribution < 1.29 is 9.53 Å². The number of carbonyl (C=O) groups is 1. The number of aromatic nitrogens is 1. The molecular weight excluding hydrogens is 322 g/mol. The zero-order valence-electron chi connectivity index (χ0n) is 12.2. The van der Waals surface area contributed by atoms with E-state index in [-0.39, 0.29) is 5.91 Å². The number of hydrogen-bond acceptors (Lipinski definition) is 5. The van der Waals surface area contributed by atoms with Gasteiger partial charge in [-0.1, -0.05) is 17.7 Å². The van der Waals surface area contributed by atoms with Gasteiger partial charge in [0.05, 0.1) is 12.6 Å². The molecule has 0 saturated carbocycles. The maximum absolute atomic E-state index is 12.4. The summed E-state index contributed by atoms with van der Waals surface area (Å²) in [7, 11) is 1.66. The van der Waals surface area contributed by atoms with E-state index >= 15 is 0 Å². The maximum Gasteiger partial charge on any atom is 0.267 e. The molecule has 1 fully saturated rings. The van der Waals surface area contributed by atoms with Crippen LogP contribution in [0.4, 0.5) is 5.69 Å². The number of halogens is 1. The van der Waals surface area contributed by atoms with Gasteiger partial charge in [0.1, 0.15) is 10.6 Å². The number of ether oxygens (including phenoxy) is 1. The lowest BCUT2D eigenvalue weighted by Crippen LogP contribution is -2.48. The van der Waals surface area contributed by atoms with Crippen molar-refractivity contribution in [2.24, 2.45) is 0 Å². The fourth-order valence-electron chi connectivity index (χ4n) is 2.49. The molecule has 0 N–H and O–H groups in total. The summed E-state index contributed by atoms with van der Waals surface area (Å²) in [5.41, 5.74) is 2.71. The van der Waals surface area contributed by atoms with Crippen molar-refractivity contribution in [3.05, 3.63) is 39.8 Å². The van der Waals surface area contributed by atoms with Gasteiger partial charge in [0.15, 0.2) is 5.15 Å². The van der Waals surface area contributed by atoms with E-state index in [2.05, 4.69) is 16.0 Å². The molecule has 1 aromatic carbocycles. The van der Waals surface area contributed by atoms with E-state index in [0.717, 1.165) is 24.5 Å². The lowest BCUT2D eigenvalue weighted by atomic mass is 10.2. The van der Waals surface area contributed by atoms with Gasteiger partial charge in [0.25, 0.3) is 5.91 Å². The van der Waals surface area contributed by atoms with Crippen molar-refractivity contribution >= 4 is 34.5 Å². The zero-order valence-corrected chi connectivity index (χ0v) is 13.7. The van der Waals surface area contributed by atoms with E-state index in [0.29, 0.717) is 23.1 Å². The summed E-state index contributed by atoms with van der Waals surface area (Å²) in [5, 5.41) is 0.297. The molecule has 3 rings (SSSR count). The number of hydrogen-bond donors (Lipinski definition) is 0. The van der Waals surface area contributed by atoms with Gasteiger partial charge in [-0.3, -0.25) is 4.79 Å². The molecule has 5 nitrogen and oxygen atoms in total. The molecule has 2 aromatic rings. The normalized spacial score (nSPS) is 15.0. The molecular formula is C15H16ClN3O2S. The third-order valence-electron chi connectivity index (χ3n) is 3.70. The Hall–Kier alpha value is -1.79. The number of benzene rings is 1. The molecule has 0 aliphatic carbocycles. The minimum Gasteiger partial charge on any atom is -0.497 e.